The van der Waals surface area contributed by atoms with Gasteiger partial charge in [-0.25, -0.2) is 0 Å². The zero-order valence-corrected chi connectivity index (χ0v) is 15.8. The maximum absolute atomic E-state index is 6.00. The first-order chi connectivity index (χ1) is 10.7. The van der Waals surface area contributed by atoms with E-state index in [1.165, 1.54) is 38.5 Å². The van der Waals surface area contributed by atoms with Gasteiger partial charge in [0.1, 0.15) is 11.5 Å². The molecule has 4 heteroatoms. The van der Waals surface area contributed by atoms with Crippen LogP contribution >= 0.6 is 31.9 Å². The lowest BCUT2D eigenvalue weighted by molar-refractivity contribution is 0.420. The molecule has 118 valence electrons. The molecule has 1 aromatic heterocycles. The maximum Gasteiger partial charge on any atom is 0.135 e. The van der Waals surface area contributed by atoms with E-state index in [1.54, 1.807) is 0 Å². The van der Waals surface area contributed by atoms with E-state index in [-0.39, 0.29) is 0 Å². The molecule has 2 nitrogen and oxygen atoms in total. The summed E-state index contributed by atoms with van der Waals surface area (Å²) in [4.78, 5) is 0. The molecular formula is C18H21Br2NO. The Labute approximate surface area is 148 Å². The zero-order chi connectivity index (χ0) is 15.4. The van der Waals surface area contributed by atoms with Crippen LogP contribution in [0.15, 0.2) is 43.7 Å². The first-order valence-corrected chi connectivity index (χ1v) is 9.58. The van der Waals surface area contributed by atoms with Crippen LogP contribution in [0.4, 0.5) is 0 Å². The highest BCUT2D eigenvalue weighted by molar-refractivity contribution is 9.11. The summed E-state index contributed by atoms with van der Waals surface area (Å²) < 4.78 is 8.11. The van der Waals surface area contributed by atoms with Crippen LogP contribution in [-0.4, -0.2) is 6.04 Å². The van der Waals surface area contributed by atoms with Crippen molar-refractivity contribution in [3.05, 3.63) is 45.0 Å². The van der Waals surface area contributed by atoms with Gasteiger partial charge in [-0.05, 0) is 59.1 Å². The summed E-state index contributed by atoms with van der Waals surface area (Å²) in [5.41, 5.74) is 1.09. The van der Waals surface area contributed by atoms with Crippen LogP contribution in [0, 0.1) is 0 Å². The summed E-state index contributed by atoms with van der Waals surface area (Å²) >= 11 is 7.08. The Balaban J connectivity index is 1.63. The second kappa shape index (κ2) is 7.80. The third-order valence-electron chi connectivity index (χ3n) is 4.28. The van der Waals surface area contributed by atoms with Crippen molar-refractivity contribution in [2.75, 3.05) is 0 Å². The Morgan fingerprint density at radius 1 is 1.00 bits per heavy atom. The lowest BCUT2D eigenvalue weighted by atomic mass is 10.1. The molecule has 3 rings (SSSR count). The standard InChI is InChI=1S/C18H21Br2NO/c19-13-7-9-16(17(20)11-13)18-10-8-15(22-18)12-21-14-5-3-1-2-4-6-14/h7-11,14,21H,1-6,12H2. The Morgan fingerprint density at radius 3 is 2.50 bits per heavy atom. The average molecular weight is 427 g/mol. The highest BCUT2D eigenvalue weighted by Gasteiger charge is 2.13. The van der Waals surface area contributed by atoms with Gasteiger partial charge in [0.2, 0.25) is 0 Å². The highest BCUT2D eigenvalue weighted by atomic mass is 79.9. The number of halogens is 2. The van der Waals surface area contributed by atoms with E-state index in [0.29, 0.717) is 6.04 Å². The van der Waals surface area contributed by atoms with Gasteiger partial charge in [0, 0.05) is 20.6 Å². The third kappa shape index (κ3) is 4.24. The van der Waals surface area contributed by atoms with Crippen molar-refractivity contribution in [1.82, 2.24) is 5.32 Å². The summed E-state index contributed by atoms with van der Waals surface area (Å²) in [5, 5.41) is 3.65. The first-order valence-electron chi connectivity index (χ1n) is 8.00. The number of benzene rings is 1. The summed E-state index contributed by atoms with van der Waals surface area (Å²) in [6.07, 6.45) is 8.08. The van der Waals surface area contributed by atoms with Crippen LogP contribution in [0.3, 0.4) is 0 Å². The SMILES string of the molecule is Brc1ccc(-c2ccc(CNC3CCCCCC3)o2)c(Br)c1. The Morgan fingerprint density at radius 2 is 1.77 bits per heavy atom. The van der Waals surface area contributed by atoms with Crippen LogP contribution in [0.5, 0.6) is 0 Å². The van der Waals surface area contributed by atoms with Gasteiger partial charge in [-0.1, -0.05) is 41.6 Å². The molecule has 1 aliphatic carbocycles. The Hall–Kier alpha value is -0.580. The summed E-state index contributed by atoms with van der Waals surface area (Å²) in [5.74, 6) is 1.92. The quantitative estimate of drug-likeness (QED) is 0.581. The van der Waals surface area contributed by atoms with Crippen molar-refractivity contribution in [2.24, 2.45) is 0 Å². The van der Waals surface area contributed by atoms with Crippen molar-refractivity contribution >= 4 is 31.9 Å². The van der Waals surface area contributed by atoms with E-state index < -0.39 is 0 Å². The topological polar surface area (TPSA) is 25.2 Å². The van der Waals surface area contributed by atoms with E-state index in [4.69, 9.17) is 4.42 Å². The number of hydrogen-bond donors (Lipinski definition) is 1. The van der Waals surface area contributed by atoms with Gasteiger partial charge in [-0.3, -0.25) is 0 Å². The molecule has 0 bridgehead atoms. The lowest BCUT2D eigenvalue weighted by Gasteiger charge is -2.14. The van der Waals surface area contributed by atoms with E-state index >= 15 is 0 Å². The monoisotopic (exact) mass is 425 g/mol. The third-order valence-corrected chi connectivity index (χ3v) is 5.43. The number of hydrogen-bond acceptors (Lipinski definition) is 2. The molecule has 2 aromatic rings. The first kappa shape index (κ1) is 16.3. The van der Waals surface area contributed by atoms with Crippen LogP contribution in [-0.2, 0) is 6.54 Å². The average Bonchev–Trinajstić information content (AvgIpc) is 2.80. The van der Waals surface area contributed by atoms with Crippen molar-refractivity contribution in [3.8, 4) is 11.3 Å². The minimum absolute atomic E-state index is 0.649. The molecule has 0 spiro atoms. The molecule has 1 heterocycles. The largest absolute Gasteiger partial charge is 0.460 e. The molecule has 1 saturated carbocycles. The summed E-state index contributed by atoms with van der Waals surface area (Å²) in [6, 6.07) is 10.9. The summed E-state index contributed by atoms with van der Waals surface area (Å²) in [7, 11) is 0. The van der Waals surface area contributed by atoms with Crippen LogP contribution in [0.2, 0.25) is 0 Å². The van der Waals surface area contributed by atoms with E-state index in [0.717, 1.165) is 32.6 Å². The van der Waals surface area contributed by atoms with Gasteiger partial charge in [-0.15, -0.1) is 0 Å². The van der Waals surface area contributed by atoms with Crippen LogP contribution < -0.4 is 5.32 Å². The molecule has 0 radical (unpaired) electrons. The van der Waals surface area contributed by atoms with Gasteiger partial charge in [0.25, 0.3) is 0 Å². The van der Waals surface area contributed by atoms with Crippen molar-refractivity contribution < 1.29 is 4.42 Å². The molecule has 22 heavy (non-hydrogen) atoms. The lowest BCUT2D eigenvalue weighted by Crippen LogP contribution is -2.27. The predicted octanol–water partition coefficient (Wildman–Crippen LogP) is 6.28. The molecule has 1 N–H and O–H groups in total. The highest BCUT2D eigenvalue weighted by Crippen LogP contribution is 2.32. The molecule has 1 fully saturated rings. The van der Waals surface area contributed by atoms with Gasteiger partial charge >= 0.3 is 0 Å². The van der Waals surface area contributed by atoms with Crippen LogP contribution in [0.25, 0.3) is 11.3 Å². The number of rotatable bonds is 4. The van der Waals surface area contributed by atoms with E-state index in [1.807, 2.05) is 12.1 Å². The van der Waals surface area contributed by atoms with Gasteiger partial charge in [0.05, 0.1) is 6.54 Å². The number of nitrogens with one attached hydrogen (secondary N) is 1. The van der Waals surface area contributed by atoms with Crippen molar-refractivity contribution in [3.63, 3.8) is 0 Å². The molecule has 1 aliphatic rings. The molecule has 1 aromatic carbocycles. The zero-order valence-electron chi connectivity index (χ0n) is 12.6. The normalized spacial score (nSPS) is 16.6. The molecule has 0 unspecified atom stereocenters. The van der Waals surface area contributed by atoms with Crippen LogP contribution in [0.1, 0.15) is 44.3 Å². The second-order valence-electron chi connectivity index (χ2n) is 5.96. The van der Waals surface area contributed by atoms with Crippen molar-refractivity contribution in [1.29, 1.82) is 0 Å². The maximum atomic E-state index is 6.00. The molecule has 0 amide bonds. The molecule has 0 saturated heterocycles. The smallest absolute Gasteiger partial charge is 0.135 e. The second-order valence-corrected chi connectivity index (χ2v) is 7.73. The molecular weight excluding hydrogens is 406 g/mol. The van der Waals surface area contributed by atoms with Gasteiger partial charge < -0.3 is 9.73 Å². The Bertz CT molecular complexity index is 615. The van der Waals surface area contributed by atoms with Gasteiger partial charge in [0.15, 0.2) is 0 Å². The molecule has 0 aliphatic heterocycles. The fraction of sp³-hybridized carbons (Fsp3) is 0.444. The van der Waals surface area contributed by atoms with Gasteiger partial charge in [-0.2, -0.15) is 0 Å². The predicted molar refractivity (Wildman–Crippen MR) is 97.9 cm³/mol. The van der Waals surface area contributed by atoms with E-state index in [2.05, 4.69) is 55.4 Å². The Kier molecular flexibility index (Phi) is 5.77. The number of furan rings is 1. The van der Waals surface area contributed by atoms with E-state index in [9.17, 15) is 0 Å². The summed E-state index contributed by atoms with van der Waals surface area (Å²) in [6.45, 7) is 0.818. The van der Waals surface area contributed by atoms with Crippen molar-refractivity contribution in [2.45, 2.75) is 51.1 Å². The fourth-order valence-corrected chi connectivity index (χ4v) is 4.28. The minimum Gasteiger partial charge on any atom is -0.460 e. The molecule has 0 atom stereocenters. The fourth-order valence-electron chi connectivity index (χ4n) is 3.04. The minimum atomic E-state index is 0.649.